The lowest BCUT2D eigenvalue weighted by Crippen LogP contribution is -2.44. The molecule has 0 radical (unpaired) electrons. The van der Waals surface area contributed by atoms with E-state index in [0.717, 1.165) is 38.2 Å². The average molecular weight is 358 g/mol. The number of nitrogens with zero attached hydrogens (tertiary/aromatic N) is 1. The first-order valence-electron chi connectivity index (χ1n) is 8.09. The molecule has 1 heterocycles. The van der Waals surface area contributed by atoms with Gasteiger partial charge >= 0.3 is 5.97 Å². The molecule has 0 spiro atoms. The summed E-state index contributed by atoms with van der Waals surface area (Å²) in [4.78, 5) is 12.8. The van der Waals surface area contributed by atoms with Crippen LogP contribution in [-0.2, 0) is 14.8 Å². The van der Waals surface area contributed by atoms with Crippen LogP contribution in [0.2, 0.25) is 0 Å². The summed E-state index contributed by atoms with van der Waals surface area (Å²) in [5, 5.41) is 8.60. The van der Waals surface area contributed by atoms with Crippen molar-refractivity contribution in [1.82, 2.24) is 9.62 Å². The highest BCUT2D eigenvalue weighted by Crippen LogP contribution is 2.16. The summed E-state index contributed by atoms with van der Waals surface area (Å²) in [5.74, 6) is -1.24. The van der Waals surface area contributed by atoms with Crippen molar-refractivity contribution in [3.8, 4) is 0 Å². The van der Waals surface area contributed by atoms with Crippen molar-refractivity contribution in [2.45, 2.75) is 43.0 Å². The smallest absolute Gasteiger partial charge is 0.303 e. The number of benzene rings is 1. The van der Waals surface area contributed by atoms with Crippen molar-refractivity contribution < 1.29 is 22.7 Å². The zero-order valence-electron chi connectivity index (χ0n) is 13.4. The van der Waals surface area contributed by atoms with E-state index in [0.29, 0.717) is 19.3 Å². The Labute approximate surface area is 141 Å². The second-order valence-corrected chi connectivity index (χ2v) is 7.76. The number of rotatable bonds is 8. The number of hydrogen-bond donors (Lipinski definition) is 2. The average Bonchev–Trinajstić information content (AvgIpc) is 2.53. The van der Waals surface area contributed by atoms with Gasteiger partial charge in [-0.3, -0.25) is 4.79 Å². The number of aliphatic carboxylic acids is 1. The van der Waals surface area contributed by atoms with Crippen LogP contribution in [0.15, 0.2) is 29.2 Å². The first kappa shape index (κ1) is 18.8. The van der Waals surface area contributed by atoms with Crippen molar-refractivity contribution >= 4 is 16.0 Å². The molecule has 0 unspecified atom stereocenters. The lowest BCUT2D eigenvalue weighted by Gasteiger charge is -2.32. The zero-order valence-corrected chi connectivity index (χ0v) is 14.3. The van der Waals surface area contributed by atoms with E-state index in [4.69, 9.17) is 5.11 Å². The van der Waals surface area contributed by atoms with E-state index in [9.17, 15) is 17.6 Å². The van der Waals surface area contributed by atoms with Gasteiger partial charge in [-0.2, -0.15) is 0 Å². The summed E-state index contributed by atoms with van der Waals surface area (Å²) in [6.07, 6.45) is 3.09. The van der Waals surface area contributed by atoms with Gasteiger partial charge in [0.2, 0.25) is 10.0 Å². The maximum absolute atomic E-state index is 12.9. The van der Waals surface area contributed by atoms with Crippen LogP contribution in [0.1, 0.15) is 32.1 Å². The van der Waals surface area contributed by atoms with Crippen LogP contribution in [0, 0.1) is 5.82 Å². The van der Waals surface area contributed by atoms with E-state index in [1.807, 2.05) is 0 Å². The minimum Gasteiger partial charge on any atom is -0.481 e. The van der Waals surface area contributed by atoms with Gasteiger partial charge in [-0.05, 0) is 69.6 Å². The predicted molar refractivity (Wildman–Crippen MR) is 87.7 cm³/mol. The molecule has 1 fully saturated rings. The summed E-state index contributed by atoms with van der Waals surface area (Å²) < 4.78 is 40.1. The Morgan fingerprint density at radius 2 is 1.83 bits per heavy atom. The number of carboxylic acids is 1. The fraction of sp³-hybridized carbons (Fsp3) is 0.562. The number of hydrogen-bond acceptors (Lipinski definition) is 4. The zero-order chi connectivity index (χ0) is 17.6. The standard InChI is InChI=1S/C16H23FN2O4S/c17-13-4-6-15(7-5-13)24(22,23)18-14-8-11-19(12-9-14)10-2-1-3-16(20)21/h4-7,14,18H,1-3,8-12H2,(H,20,21). The lowest BCUT2D eigenvalue weighted by atomic mass is 10.1. The van der Waals surface area contributed by atoms with E-state index in [1.54, 1.807) is 0 Å². The Balaban J connectivity index is 1.76. The van der Waals surface area contributed by atoms with Crippen molar-refractivity contribution in [1.29, 1.82) is 0 Å². The second-order valence-electron chi connectivity index (χ2n) is 6.04. The molecule has 1 saturated heterocycles. The van der Waals surface area contributed by atoms with Crippen molar-refractivity contribution in [3.05, 3.63) is 30.1 Å². The third-order valence-electron chi connectivity index (χ3n) is 4.15. The summed E-state index contributed by atoms with van der Waals surface area (Å²) in [6.45, 7) is 2.40. The molecule has 1 aromatic rings. The second kappa shape index (κ2) is 8.55. The predicted octanol–water partition coefficient (Wildman–Crippen LogP) is 1.82. The van der Waals surface area contributed by atoms with Gasteiger partial charge in [-0.25, -0.2) is 17.5 Å². The highest BCUT2D eigenvalue weighted by molar-refractivity contribution is 7.89. The van der Waals surface area contributed by atoms with E-state index in [2.05, 4.69) is 9.62 Å². The molecule has 0 saturated carbocycles. The van der Waals surface area contributed by atoms with Crippen molar-refractivity contribution in [2.75, 3.05) is 19.6 Å². The fourth-order valence-corrected chi connectivity index (χ4v) is 4.09. The molecule has 0 bridgehead atoms. The molecule has 0 amide bonds. The summed E-state index contributed by atoms with van der Waals surface area (Å²) >= 11 is 0. The van der Waals surface area contributed by atoms with Crippen LogP contribution in [0.25, 0.3) is 0 Å². The number of halogens is 1. The Morgan fingerprint density at radius 3 is 2.42 bits per heavy atom. The van der Waals surface area contributed by atoms with Gasteiger partial charge in [0.15, 0.2) is 0 Å². The molecular weight excluding hydrogens is 335 g/mol. The number of piperidine rings is 1. The molecule has 1 aliphatic heterocycles. The van der Waals surface area contributed by atoms with Crippen LogP contribution in [-0.4, -0.2) is 50.1 Å². The maximum atomic E-state index is 12.9. The van der Waals surface area contributed by atoms with E-state index in [1.165, 1.54) is 12.1 Å². The molecule has 1 aliphatic rings. The Morgan fingerprint density at radius 1 is 1.21 bits per heavy atom. The largest absolute Gasteiger partial charge is 0.481 e. The van der Waals surface area contributed by atoms with E-state index >= 15 is 0 Å². The SMILES string of the molecule is O=C(O)CCCCN1CCC(NS(=O)(=O)c2ccc(F)cc2)CC1. The van der Waals surface area contributed by atoms with Gasteiger partial charge in [-0.15, -0.1) is 0 Å². The van der Waals surface area contributed by atoms with Crippen LogP contribution in [0.4, 0.5) is 4.39 Å². The van der Waals surface area contributed by atoms with Crippen LogP contribution in [0.3, 0.4) is 0 Å². The number of nitrogens with one attached hydrogen (secondary N) is 1. The number of carbonyl (C=O) groups is 1. The number of unbranched alkanes of at least 4 members (excludes halogenated alkanes) is 1. The molecule has 2 rings (SSSR count). The van der Waals surface area contributed by atoms with Gasteiger partial charge in [-0.1, -0.05) is 0 Å². The van der Waals surface area contributed by atoms with Crippen LogP contribution >= 0.6 is 0 Å². The minimum absolute atomic E-state index is 0.0694. The Kier molecular flexibility index (Phi) is 6.70. The minimum atomic E-state index is -3.63. The van der Waals surface area contributed by atoms with Gasteiger partial charge in [0, 0.05) is 12.5 Å². The maximum Gasteiger partial charge on any atom is 0.303 e. The molecule has 0 atom stereocenters. The van der Waals surface area contributed by atoms with Gasteiger partial charge in [0.25, 0.3) is 0 Å². The molecule has 0 aromatic heterocycles. The number of sulfonamides is 1. The monoisotopic (exact) mass is 358 g/mol. The van der Waals surface area contributed by atoms with Gasteiger partial charge in [0.1, 0.15) is 5.82 Å². The quantitative estimate of drug-likeness (QED) is 0.692. The molecule has 134 valence electrons. The molecule has 6 nitrogen and oxygen atoms in total. The van der Waals surface area contributed by atoms with Crippen molar-refractivity contribution in [3.63, 3.8) is 0 Å². The first-order valence-corrected chi connectivity index (χ1v) is 9.57. The molecule has 1 aromatic carbocycles. The molecule has 8 heteroatoms. The fourth-order valence-electron chi connectivity index (χ4n) is 2.79. The van der Waals surface area contributed by atoms with E-state index < -0.39 is 21.8 Å². The summed E-state index contributed by atoms with van der Waals surface area (Å²) in [7, 11) is -3.63. The molecular formula is C16H23FN2O4S. The van der Waals surface area contributed by atoms with Crippen molar-refractivity contribution in [2.24, 2.45) is 0 Å². The normalized spacial score (nSPS) is 17.0. The third-order valence-corrected chi connectivity index (χ3v) is 5.68. The van der Waals surface area contributed by atoms with Crippen LogP contribution in [0.5, 0.6) is 0 Å². The Bertz CT molecular complexity index is 641. The topological polar surface area (TPSA) is 86.7 Å². The van der Waals surface area contributed by atoms with Gasteiger partial charge in [0.05, 0.1) is 4.90 Å². The Hall–Kier alpha value is -1.51. The lowest BCUT2D eigenvalue weighted by molar-refractivity contribution is -0.137. The van der Waals surface area contributed by atoms with Crippen LogP contribution < -0.4 is 4.72 Å². The highest BCUT2D eigenvalue weighted by atomic mass is 32.2. The van der Waals surface area contributed by atoms with Gasteiger partial charge < -0.3 is 10.0 Å². The molecule has 0 aliphatic carbocycles. The molecule has 24 heavy (non-hydrogen) atoms. The summed E-state index contributed by atoms with van der Waals surface area (Å²) in [6, 6.07) is 4.66. The third kappa shape index (κ3) is 5.85. The summed E-state index contributed by atoms with van der Waals surface area (Å²) in [5.41, 5.74) is 0. The number of likely N-dealkylation sites (tertiary alicyclic amines) is 1. The number of carboxylic acid groups (broad SMARTS) is 1. The highest BCUT2D eigenvalue weighted by Gasteiger charge is 2.24. The first-order chi connectivity index (χ1) is 11.4. The van der Waals surface area contributed by atoms with E-state index in [-0.39, 0.29) is 17.4 Å². The molecule has 2 N–H and O–H groups in total.